The van der Waals surface area contributed by atoms with Gasteiger partial charge in [-0.05, 0) is 73.8 Å². The third-order valence-corrected chi connectivity index (χ3v) is 10.8. The summed E-state index contributed by atoms with van der Waals surface area (Å²) in [6.45, 7) is 0. The van der Waals surface area contributed by atoms with Crippen LogP contribution >= 0.6 is 0 Å². The van der Waals surface area contributed by atoms with Crippen LogP contribution < -0.4 is 0 Å². The number of aromatic nitrogens is 3. The summed E-state index contributed by atoms with van der Waals surface area (Å²) in [6, 6.07) is 75.4. The van der Waals surface area contributed by atoms with E-state index in [0.717, 1.165) is 33.4 Å². The second-order valence-corrected chi connectivity index (χ2v) is 14.0. The van der Waals surface area contributed by atoms with E-state index in [-0.39, 0.29) is 0 Å². The molecule has 9 aromatic rings. The van der Waals surface area contributed by atoms with E-state index in [1.807, 2.05) is 36.4 Å². The monoisotopic (exact) mass is 701 g/mol. The van der Waals surface area contributed by atoms with Gasteiger partial charge < -0.3 is 0 Å². The molecular formula is C52H35N3. The highest BCUT2D eigenvalue weighted by molar-refractivity contribution is 5.98. The van der Waals surface area contributed by atoms with Crippen LogP contribution in [0.3, 0.4) is 0 Å². The fourth-order valence-electron chi connectivity index (χ4n) is 8.32. The molecule has 0 bridgehead atoms. The molecule has 0 unspecified atom stereocenters. The van der Waals surface area contributed by atoms with Crippen molar-refractivity contribution in [3.63, 3.8) is 0 Å². The number of hydrogen-bond acceptors (Lipinski definition) is 3. The predicted octanol–water partition coefficient (Wildman–Crippen LogP) is 12.6. The maximum atomic E-state index is 5.32. The van der Waals surface area contributed by atoms with Crippen molar-refractivity contribution in [2.45, 2.75) is 5.41 Å². The Morgan fingerprint density at radius 3 is 1.16 bits per heavy atom. The molecule has 0 saturated heterocycles. The molecule has 1 aromatic heterocycles. The van der Waals surface area contributed by atoms with Crippen molar-refractivity contribution < 1.29 is 0 Å². The molecule has 1 aliphatic carbocycles. The Morgan fingerprint density at radius 1 is 0.273 bits per heavy atom. The number of fused-ring (bicyclic) bond motifs is 3. The van der Waals surface area contributed by atoms with E-state index in [2.05, 4.69) is 176 Å². The average molecular weight is 702 g/mol. The molecule has 0 fully saturated rings. The summed E-state index contributed by atoms with van der Waals surface area (Å²) in [5.41, 5.74) is 13.9. The number of benzene rings is 8. The first-order chi connectivity index (χ1) is 27.3. The van der Waals surface area contributed by atoms with Gasteiger partial charge in [-0.2, -0.15) is 0 Å². The fraction of sp³-hybridized carbons (Fsp3) is 0.0192. The van der Waals surface area contributed by atoms with Gasteiger partial charge in [0.05, 0.1) is 5.41 Å². The highest BCUT2D eigenvalue weighted by Gasteiger charge is 2.47. The summed E-state index contributed by atoms with van der Waals surface area (Å²) in [5.74, 6) is 1.91. The van der Waals surface area contributed by atoms with Crippen molar-refractivity contribution in [1.29, 1.82) is 0 Å². The maximum Gasteiger partial charge on any atom is 0.164 e. The lowest BCUT2D eigenvalue weighted by atomic mass is 9.67. The highest BCUT2D eigenvalue weighted by atomic mass is 15.0. The smallest absolute Gasteiger partial charge is 0.164 e. The largest absolute Gasteiger partial charge is 0.208 e. The van der Waals surface area contributed by atoms with Crippen LogP contribution in [0.5, 0.6) is 0 Å². The lowest BCUT2D eigenvalue weighted by molar-refractivity contribution is 0.769. The molecule has 1 aliphatic rings. The van der Waals surface area contributed by atoms with Gasteiger partial charge in [0.1, 0.15) is 0 Å². The molecule has 0 aliphatic heterocycles. The molecule has 0 amide bonds. The van der Waals surface area contributed by atoms with E-state index in [9.17, 15) is 0 Å². The molecule has 3 nitrogen and oxygen atoms in total. The first kappa shape index (κ1) is 32.4. The minimum Gasteiger partial charge on any atom is -0.208 e. The molecular weight excluding hydrogens is 667 g/mol. The Morgan fingerprint density at radius 2 is 0.673 bits per heavy atom. The third kappa shape index (κ3) is 5.57. The van der Waals surface area contributed by atoms with Crippen LogP contribution in [-0.2, 0) is 5.41 Å². The summed E-state index contributed by atoms with van der Waals surface area (Å²) >= 11 is 0. The van der Waals surface area contributed by atoms with Crippen LogP contribution in [0.1, 0.15) is 22.3 Å². The van der Waals surface area contributed by atoms with E-state index < -0.39 is 5.41 Å². The molecule has 55 heavy (non-hydrogen) atoms. The Bertz CT molecular complexity index is 2670. The van der Waals surface area contributed by atoms with Crippen LogP contribution in [0.15, 0.2) is 212 Å². The molecule has 258 valence electrons. The Balaban J connectivity index is 1.36. The Labute approximate surface area is 321 Å². The van der Waals surface area contributed by atoms with Crippen LogP contribution in [0, 0.1) is 0 Å². The summed E-state index contributed by atoms with van der Waals surface area (Å²) in [4.78, 5) is 15.7. The Kier molecular flexibility index (Phi) is 8.04. The fourth-order valence-corrected chi connectivity index (χ4v) is 8.32. The van der Waals surface area contributed by atoms with E-state index in [4.69, 9.17) is 15.0 Å². The predicted molar refractivity (Wildman–Crippen MR) is 224 cm³/mol. The quantitative estimate of drug-likeness (QED) is 0.166. The minimum atomic E-state index is -0.644. The van der Waals surface area contributed by atoms with Gasteiger partial charge >= 0.3 is 0 Å². The van der Waals surface area contributed by atoms with Gasteiger partial charge in [0.2, 0.25) is 0 Å². The minimum absolute atomic E-state index is 0.636. The third-order valence-electron chi connectivity index (χ3n) is 10.8. The lowest BCUT2D eigenvalue weighted by Gasteiger charge is -2.34. The van der Waals surface area contributed by atoms with Gasteiger partial charge in [-0.3, -0.25) is 0 Å². The second kappa shape index (κ2) is 13.6. The van der Waals surface area contributed by atoms with E-state index in [1.165, 1.54) is 38.9 Å². The zero-order valence-electron chi connectivity index (χ0n) is 30.0. The van der Waals surface area contributed by atoms with Crippen molar-refractivity contribution in [3.8, 4) is 67.5 Å². The van der Waals surface area contributed by atoms with Gasteiger partial charge in [0.15, 0.2) is 17.5 Å². The maximum absolute atomic E-state index is 5.32. The number of hydrogen-bond donors (Lipinski definition) is 0. The molecule has 0 spiro atoms. The van der Waals surface area contributed by atoms with E-state index in [1.54, 1.807) is 0 Å². The molecule has 0 N–H and O–H groups in total. The summed E-state index contributed by atoms with van der Waals surface area (Å²) in [6.07, 6.45) is 0. The first-order valence-corrected chi connectivity index (χ1v) is 18.7. The van der Waals surface area contributed by atoms with Gasteiger partial charge in [-0.15, -0.1) is 0 Å². The molecule has 1 heterocycles. The normalized spacial score (nSPS) is 12.5. The SMILES string of the molecule is c1ccc(-c2ccc3c(c2)C(c2ccccc2)(c2ccccc2)c2cc(-c4ccccc4)cc(-c4nc(-c5ccccc5)nc(-c5ccccc5)n4)c2-3)cc1. The molecule has 8 aromatic carbocycles. The molecule has 0 atom stereocenters. The summed E-state index contributed by atoms with van der Waals surface area (Å²) in [7, 11) is 0. The summed E-state index contributed by atoms with van der Waals surface area (Å²) < 4.78 is 0. The standard InChI is InChI=1S/C52H35N3/c1-7-19-36(20-8-1)40-31-32-44-46(34-40)52(42-27-15-5-16-28-42,43-29-17-6-18-30-43)47-35-41(37-21-9-2-10-22-37)33-45(48(44)47)51-54-49(38-23-11-3-12-24-38)53-50(55-51)39-25-13-4-14-26-39/h1-35H. The zero-order chi connectivity index (χ0) is 36.6. The van der Waals surface area contributed by atoms with Gasteiger partial charge in [-0.25, -0.2) is 15.0 Å². The molecule has 0 saturated carbocycles. The van der Waals surface area contributed by atoms with E-state index >= 15 is 0 Å². The van der Waals surface area contributed by atoms with Crippen LogP contribution in [0.2, 0.25) is 0 Å². The number of nitrogens with zero attached hydrogens (tertiary/aromatic N) is 3. The van der Waals surface area contributed by atoms with Gasteiger partial charge in [0, 0.05) is 16.7 Å². The lowest BCUT2D eigenvalue weighted by Crippen LogP contribution is -2.28. The molecule has 0 radical (unpaired) electrons. The highest BCUT2D eigenvalue weighted by Crippen LogP contribution is 2.59. The molecule has 3 heteroatoms. The van der Waals surface area contributed by atoms with Crippen LogP contribution in [-0.4, -0.2) is 15.0 Å². The van der Waals surface area contributed by atoms with Crippen molar-refractivity contribution in [2.24, 2.45) is 0 Å². The number of rotatable bonds is 7. The first-order valence-electron chi connectivity index (χ1n) is 18.7. The van der Waals surface area contributed by atoms with Crippen molar-refractivity contribution in [1.82, 2.24) is 15.0 Å². The van der Waals surface area contributed by atoms with Crippen molar-refractivity contribution in [3.05, 3.63) is 235 Å². The van der Waals surface area contributed by atoms with Gasteiger partial charge in [0.25, 0.3) is 0 Å². The average Bonchev–Trinajstić information content (AvgIpc) is 3.58. The van der Waals surface area contributed by atoms with Gasteiger partial charge in [-0.1, -0.05) is 194 Å². The van der Waals surface area contributed by atoms with E-state index in [0.29, 0.717) is 17.5 Å². The van der Waals surface area contributed by atoms with Crippen molar-refractivity contribution >= 4 is 0 Å². The van der Waals surface area contributed by atoms with Crippen molar-refractivity contribution in [2.75, 3.05) is 0 Å². The second-order valence-electron chi connectivity index (χ2n) is 14.0. The topological polar surface area (TPSA) is 38.7 Å². The zero-order valence-corrected chi connectivity index (χ0v) is 30.0. The Hall–Kier alpha value is -7.23. The van der Waals surface area contributed by atoms with Crippen LogP contribution in [0.25, 0.3) is 67.5 Å². The summed E-state index contributed by atoms with van der Waals surface area (Å²) in [5, 5.41) is 0. The molecule has 10 rings (SSSR count). The van der Waals surface area contributed by atoms with Crippen LogP contribution in [0.4, 0.5) is 0 Å².